The Kier molecular flexibility index (Phi) is 6.33. The number of nitrogens with zero attached hydrogens (tertiary/aromatic N) is 2. The van der Waals surface area contributed by atoms with Crippen molar-refractivity contribution in [3.05, 3.63) is 0 Å². The summed E-state index contributed by atoms with van der Waals surface area (Å²) < 4.78 is 0. The van der Waals surface area contributed by atoms with Crippen LogP contribution in [-0.4, -0.2) is 52.1 Å². The fourth-order valence-electron chi connectivity index (χ4n) is 2.10. The van der Waals surface area contributed by atoms with Gasteiger partial charge in [-0.3, -0.25) is 0 Å². The molecule has 0 spiro atoms. The normalized spacial score (nSPS) is 13.3. The molecule has 0 saturated carbocycles. The van der Waals surface area contributed by atoms with Crippen molar-refractivity contribution in [2.24, 2.45) is 5.92 Å². The summed E-state index contributed by atoms with van der Waals surface area (Å²) in [6, 6.07) is -0.144. The summed E-state index contributed by atoms with van der Waals surface area (Å²) in [5, 5.41) is 9.25. The summed E-state index contributed by atoms with van der Waals surface area (Å²) >= 11 is 0. The van der Waals surface area contributed by atoms with Crippen molar-refractivity contribution in [1.82, 2.24) is 9.80 Å². The minimum absolute atomic E-state index is 0.0890. The lowest BCUT2D eigenvalue weighted by Crippen LogP contribution is -2.57. The summed E-state index contributed by atoms with van der Waals surface area (Å²) in [6.45, 7) is 11.5. The summed E-state index contributed by atoms with van der Waals surface area (Å²) in [5.41, 5.74) is -1.20. The highest BCUT2D eigenvalue weighted by Gasteiger charge is 2.38. The molecular weight excluding hydrogens is 244 g/mol. The zero-order valence-corrected chi connectivity index (χ0v) is 13.2. The average molecular weight is 272 g/mol. The van der Waals surface area contributed by atoms with E-state index in [1.165, 1.54) is 4.90 Å². The highest BCUT2D eigenvalue weighted by Crippen LogP contribution is 2.19. The third-order valence-corrected chi connectivity index (χ3v) is 3.52. The fraction of sp³-hybridized carbons (Fsp3) is 0.857. The number of rotatable bonds is 6. The standard InChI is InChI=1S/C14H28N2O3/c1-8-16(14(5,6)12(17)18)13(19)15(7)11(4)9-10(2)3/h10-11H,8-9H2,1-7H3,(H,17,18). The summed E-state index contributed by atoms with van der Waals surface area (Å²) in [5.74, 6) is -0.500. The minimum atomic E-state index is -1.20. The lowest BCUT2D eigenvalue weighted by molar-refractivity contribution is -0.147. The van der Waals surface area contributed by atoms with Crippen LogP contribution in [0.4, 0.5) is 4.79 Å². The Bertz CT molecular complexity index is 327. The molecule has 0 radical (unpaired) electrons. The van der Waals surface area contributed by atoms with Crippen molar-refractivity contribution in [3.63, 3.8) is 0 Å². The van der Waals surface area contributed by atoms with Crippen LogP contribution in [0.15, 0.2) is 0 Å². The van der Waals surface area contributed by atoms with Crippen molar-refractivity contribution in [2.75, 3.05) is 13.6 Å². The van der Waals surface area contributed by atoms with Gasteiger partial charge in [-0.1, -0.05) is 13.8 Å². The second kappa shape index (κ2) is 6.78. The number of likely N-dealkylation sites (N-methyl/N-ethyl adjacent to an activating group) is 1. The maximum atomic E-state index is 12.4. The molecule has 0 bridgehead atoms. The summed E-state index contributed by atoms with van der Waals surface area (Å²) in [4.78, 5) is 26.7. The van der Waals surface area contributed by atoms with Gasteiger partial charge in [0.1, 0.15) is 5.54 Å². The predicted octanol–water partition coefficient (Wildman–Crippen LogP) is 2.66. The van der Waals surface area contributed by atoms with E-state index >= 15 is 0 Å². The van der Waals surface area contributed by atoms with Gasteiger partial charge < -0.3 is 14.9 Å². The monoisotopic (exact) mass is 272 g/mol. The second-order valence-electron chi connectivity index (χ2n) is 5.98. The van der Waals surface area contributed by atoms with Gasteiger partial charge >= 0.3 is 12.0 Å². The number of urea groups is 1. The third kappa shape index (κ3) is 4.40. The minimum Gasteiger partial charge on any atom is -0.480 e. The first kappa shape index (κ1) is 17.7. The zero-order chi connectivity index (χ0) is 15.4. The molecule has 1 unspecified atom stereocenters. The molecule has 0 aromatic carbocycles. The molecule has 1 atom stereocenters. The van der Waals surface area contributed by atoms with Crippen LogP contribution in [0.1, 0.15) is 48.0 Å². The van der Waals surface area contributed by atoms with Crippen LogP contribution in [0.2, 0.25) is 0 Å². The van der Waals surface area contributed by atoms with E-state index < -0.39 is 11.5 Å². The first-order chi connectivity index (χ1) is 8.55. The van der Waals surface area contributed by atoms with Gasteiger partial charge in [0.05, 0.1) is 0 Å². The number of aliphatic carboxylic acids is 1. The molecule has 5 nitrogen and oxygen atoms in total. The Morgan fingerprint density at radius 2 is 1.68 bits per heavy atom. The lowest BCUT2D eigenvalue weighted by atomic mass is 10.0. The van der Waals surface area contributed by atoms with Crippen molar-refractivity contribution in [1.29, 1.82) is 0 Å². The molecule has 0 aromatic rings. The predicted molar refractivity (Wildman–Crippen MR) is 76.2 cm³/mol. The molecule has 0 heterocycles. The second-order valence-corrected chi connectivity index (χ2v) is 5.98. The van der Waals surface area contributed by atoms with E-state index in [9.17, 15) is 14.7 Å². The molecule has 5 heteroatoms. The van der Waals surface area contributed by atoms with Crippen LogP contribution < -0.4 is 0 Å². The van der Waals surface area contributed by atoms with E-state index in [1.807, 2.05) is 6.92 Å². The zero-order valence-electron chi connectivity index (χ0n) is 13.2. The number of carbonyl (C=O) groups excluding carboxylic acids is 1. The fourth-order valence-corrected chi connectivity index (χ4v) is 2.10. The van der Waals surface area contributed by atoms with E-state index in [0.717, 1.165) is 6.42 Å². The van der Waals surface area contributed by atoms with E-state index in [2.05, 4.69) is 13.8 Å². The maximum absolute atomic E-state index is 12.4. The first-order valence-corrected chi connectivity index (χ1v) is 6.83. The first-order valence-electron chi connectivity index (χ1n) is 6.83. The molecule has 2 amide bonds. The van der Waals surface area contributed by atoms with Crippen LogP contribution in [0.5, 0.6) is 0 Å². The Hall–Kier alpha value is -1.26. The number of carboxylic acids is 1. The van der Waals surface area contributed by atoms with Gasteiger partial charge in [0.25, 0.3) is 0 Å². The van der Waals surface area contributed by atoms with Crippen molar-refractivity contribution < 1.29 is 14.7 Å². The third-order valence-electron chi connectivity index (χ3n) is 3.52. The Balaban J connectivity index is 5.00. The Morgan fingerprint density at radius 3 is 2.00 bits per heavy atom. The van der Waals surface area contributed by atoms with E-state index in [1.54, 1.807) is 32.7 Å². The number of hydrogen-bond donors (Lipinski definition) is 1. The van der Waals surface area contributed by atoms with Gasteiger partial charge in [0, 0.05) is 19.6 Å². The van der Waals surface area contributed by atoms with E-state index in [0.29, 0.717) is 12.5 Å². The summed E-state index contributed by atoms with van der Waals surface area (Å²) in [7, 11) is 1.73. The molecule has 0 rings (SSSR count). The van der Waals surface area contributed by atoms with E-state index in [4.69, 9.17) is 0 Å². The van der Waals surface area contributed by atoms with Gasteiger partial charge in [-0.15, -0.1) is 0 Å². The highest BCUT2D eigenvalue weighted by molar-refractivity contribution is 5.85. The number of hydrogen-bond acceptors (Lipinski definition) is 2. The molecule has 0 aromatic heterocycles. The topological polar surface area (TPSA) is 60.9 Å². The smallest absolute Gasteiger partial charge is 0.329 e. The molecule has 112 valence electrons. The Morgan fingerprint density at radius 1 is 1.21 bits per heavy atom. The molecule has 19 heavy (non-hydrogen) atoms. The molecule has 0 aliphatic carbocycles. The van der Waals surface area contributed by atoms with Gasteiger partial charge in [-0.25, -0.2) is 9.59 Å². The average Bonchev–Trinajstić information content (AvgIpc) is 2.27. The number of amides is 2. The van der Waals surface area contributed by atoms with Crippen LogP contribution in [0, 0.1) is 5.92 Å². The highest BCUT2D eigenvalue weighted by atomic mass is 16.4. The van der Waals surface area contributed by atoms with E-state index in [-0.39, 0.29) is 12.1 Å². The molecule has 1 N–H and O–H groups in total. The van der Waals surface area contributed by atoms with Crippen LogP contribution in [-0.2, 0) is 4.79 Å². The largest absolute Gasteiger partial charge is 0.480 e. The van der Waals surface area contributed by atoms with Gasteiger partial charge in [0.15, 0.2) is 0 Å². The molecule has 0 saturated heterocycles. The quantitative estimate of drug-likeness (QED) is 0.808. The molecular formula is C14H28N2O3. The SMILES string of the molecule is CCN(C(=O)N(C)C(C)CC(C)C)C(C)(C)C(=O)O. The van der Waals surface area contributed by atoms with Gasteiger partial charge in [0.2, 0.25) is 0 Å². The van der Waals surface area contributed by atoms with Crippen LogP contribution >= 0.6 is 0 Å². The lowest BCUT2D eigenvalue weighted by Gasteiger charge is -2.39. The van der Waals surface area contributed by atoms with Crippen LogP contribution in [0.3, 0.4) is 0 Å². The van der Waals surface area contributed by atoms with Crippen molar-refractivity contribution in [2.45, 2.75) is 59.5 Å². The van der Waals surface area contributed by atoms with Gasteiger partial charge in [-0.05, 0) is 40.0 Å². The van der Waals surface area contributed by atoms with Crippen molar-refractivity contribution >= 4 is 12.0 Å². The molecule has 0 aliphatic heterocycles. The number of carbonyl (C=O) groups is 2. The van der Waals surface area contributed by atoms with Crippen molar-refractivity contribution in [3.8, 4) is 0 Å². The summed E-state index contributed by atoms with van der Waals surface area (Å²) in [6.07, 6.45) is 0.896. The van der Waals surface area contributed by atoms with Crippen LogP contribution in [0.25, 0.3) is 0 Å². The Labute approximate surface area is 116 Å². The van der Waals surface area contributed by atoms with Gasteiger partial charge in [-0.2, -0.15) is 0 Å². The number of carboxylic acid groups (broad SMARTS) is 1. The maximum Gasteiger partial charge on any atom is 0.329 e. The molecule has 0 aliphatic rings. The molecule has 0 fully saturated rings.